The number of benzene rings is 2. The van der Waals surface area contributed by atoms with Crippen LogP contribution in [0.1, 0.15) is 24.5 Å². The molecule has 156 valence electrons. The van der Waals surface area contributed by atoms with Crippen LogP contribution >= 0.6 is 11.6 Å². The fourth-order valence-electron chi connectivity index (χ4n) is 3.59. The summed E-state index contributed by atoms with van der Waals surface area (Å²) in [5, 5.41) is 3.79. The Bertz CT molecular complexity index is 843. The zero-order valence-electron chi connectivity index (χ0n) is 17.3. The van der Waals surface area contributed by atoms with Gasteiger partial charge < -0.3 is 19.7 Å². The summed E-state index contributed by atoms with van der Waals surface area (Å²) in [6.07, 6.45) is 0.541. The Labute approximate surface area is 177 Å². The average Bonchev–Trinajstić information content (AvgIpc) is 3.21. The first-order valence-corrected chi connectivity index (χ1v) is 10.4. The van der Waals surface area contributed by atoms with E-state index in [2.05, 4.69) is 17.1 Å². The lowest BCUT2D eigenvalue weighted by Gasteiger charge is -2.21. The van der Waals surface area contributed by atoms with Crippen molar-refractivity contribution in [3.63, 3.8) is 0 Å². The van der Waals surface area contributed by atoms with Crippen LogP contribution in [0.3, 0.4) is 0 Å². The fraction of sp³-hybridized carbons (Fsp3) is 0.435. The average molecular weight is 417 g/mol. The molecular formula is C23H29ClN2O3. The Hall–Kier alpha value is -2.24. The van der Waals surface area contributed by atoms with E-state index in [0.717, 1.165) is 35.8 Å². The summed E-state index contributed by atoms with van der Waals surface area (Å²) in [6, 6.07) is 13.7. The van der Waals surface area contributed by atoms with Crippen molar-refractivity contribution in [1.29, 1.82) is 0 Å². The Morgan fingerprint density at radius 1 is 1.31 bits per heavy atom. The predicted octanol–water partition coefficient (Wildman–Crippen LogP) is 4.20. The van der Waals surface area contributed by atoms with Crippen LogP contribution in [-0.2, 0) is 16.1 Å². The van der Waals surface area contributed by atoms with Crippen LogP contribution < -0.4 is 15.0 Å². The number of amides is 1. The Kier molecular flexibility index (Phi) is 7.40. The van der Waals surface area contributed by atoms with Crippen LogP contribution in [0.2, 0.25) is 5.02 Å². The number of methoxy groups -OCH3 is 1. The van der Waals surface area contributed by atoms with Gasteiger partial charge in [-0.15, -0.1) is 0 Å². The third-order valence-corrected chi connectivity index (χ3v) is 5.60. The molecule has 2 aromatic rings. The normalized spacial score (nSPS) is 17.2. The van der Waals surface area contributed by atoms with E-state index in [1.807, 2.05) is 42.5 Å². The zero-order valence-corrected chi connectivity index (χ0v) is 18.0. The maximum Gasteiger partial charge on any atom is 0.248 e. The first-order chi connectivity index (χ1) is 14.0. The largest absolute Gasteiger partial charge is 0.497 e. The summed E-state index contributed by atoms with van der Waals surface area (Å²) >= 11 is 6.16. The van der Waals surface area contributed by atoms with E-state index in [1.54, 1.807) is 14.0 Å². The smallest absolute Gasteiger partial charge is 0.248 e. The first kappa shape index (κ1) is 21.5. The molecule has 2 atom stereocenters. The standard InChI is InChI=1S/C23H29ClN2O3/c1-16-7-8-20(24)12-22(16)26-10-9-19(14-26)13-25-23(27)17(2)29-15-18-5-4-6-21(11-18)28-3/h4-8,11-12,17,19H,9-10,13-15H2,1-3H3,(H,25,27). The molecule has 2 aromatic carbocycles. The highest BCUT2D eigenvalue weighted by molar-refractivity contribution is 6.30. The molecule has 29 heavy (non-hydrogen) atoms. The monoisotopic (exact) mass is 416 g/mol. The molecule has 1 saturated heterocycles. The molecule has 3 rings (SSSR count). The molecule has 0 saturated carbocycles. The minimum Gasteiger partial charge on any atom is -0.497 e. The van der Waals surface area contributed by atoms with E-state index in [9.17, 15) is 4.79 Å². The van der Waals surface area contributed by atoms with Gasteiger partial charge in [0.15, 0.2) is 0 Å². The summed E-state index contributed by atoms with van der Waals surface area (Å²) in [4.78, 5) is 14.8. The lowest BCUT2D eigenvalue weighted by molar-refractivity contribution is -0.132. The minimum atomic E-state index is -0.506. The van der Waals surface area contributed by atoms with Crippen LogP contribution in [0.15, 0.2) is 42.5 Å². The maximum absolute atomic E-state index is 12.4. The lowest BCUT2D eigenvalue weighted by Crippen LogP contribution is -2.38. The number of hydrogen-bond donors (Lipinski definition) is 1. The second-order valence-electron chi connectivity index (χ2n) is 7.58. The van der Waals surface area contributed by atoms with Crippen molar-refractivity contribution in [3.05, 3.63) is 58.6 Å². The van der Waals surface area contributed by atoms with Gasteiger partial charge in [0.2, 0.25) is 5.91 Å². The molecule has 1 amide bonds. The van der Waals surface area contributed by atoms with Crippen LogP contribution in [0.5, 0.6) is 5.75 Å². The number of halogens is 1. The Morgan fingerprint density at radius 3 is 2.93 bits per heavy atom. The molecule has 1 heterocycles. The van der Waals surface area contributed by atoms with Gasteiger partial charge in [0, 0.05) is 30.3 Å². The van der Waals surface area contributed by atoms with Gasteiger partial charge in [0.05, 0.1) is 13.7 Å². The zero-order chi connectivity index (χ0) is 20.8. The van der Waals surface area contributed by atoms with Gasteiger partial charge in [0.25, 0.3) is 0 Å². The highest BCUT2D eigenvalue weighted by Gasteiger charge is 2.25. The number of nitrogens with zero attached hydrogens (tertiary/aromatic N) is 1. The summed E-state index contributed by atoms with van der Waals surface area (Å²) in [5.74, 6) is 1.12. The number of carbonyl (C=O) groups excluding carboxylic acids is 1. The molecule has 1 aliphatic heterocycles. The molecule has 6 heteroatoms. The summed E-state index contributed by atoms with van der Waals surface area (Å²) in [6.45, 7) is 6.80. The van der Waals surface area contributed by atoms with Crippen molar-refractivity contribution in [3.8, 4) is 5.75 Å². The SMILES string of the molecule is COc1cccc(COC(C)C(=O)NCC2CCN(c3cc(Cl)ccc3C)C2)c1. The van der Waals surface area contributed by atoms with Crippen molar-refractivity contribution in [2.45, 2.75) is 33.0 Å². The van der Waals surface area contributed by atoms with Crippen molar-refractivity contribution >= 4 is 23.2 Å². The van der Waals surface area contributed by atoms with Crippen molar-refractivity contribution < 1.29 is 14.3 Å². The third kappa shape index (κ3) is 5.87. The van der Waals surface area contributed by atoms with Crippen LogP contribution in [0.4, 0.5) is 5.69 Å². The summed E-state index contributed by atoms with van der Waals surface area (Å²) in [7, 11) is 1.63. The van der Waals surface area contributed by atoms with Gasteiger partial charge in [0.1, 0.15) is 11.9 Å². The summed E-state index contributed by atoms with van der Waals surface area (Å²) < 4.78 is 10.9. The van der Waals surface area contributed by atoms with E-state index >= 15 is 0 Å². The maximum atomic E-state index is 12.4. The summed E-state index contributed by atoms with van der Waals surface area (Å²) in [5.41, 5.74) is 3.38. The third-order valence-electron chi connectivity index (χ3n) is 5.37. The van der Waals surface area contributed by atoms with Crippen molar-refractivity contribution in [2.24, 2.45) is 5.92 Å². The van der Waals surface area contributed by atoms with Gasteiger partial charge >= 0.3 is 0 Å². The molecule has 0 spiro atoms. The van der Waals surface area contributed by atoms with E-state index in [0.29, 0.717) is 19.1 Å². The highest BCUT2D eigenvalue weighted by Crippen LogP contribution is 2.29. The van der Waals surface area contributed by atoms with Crippen molar-refractivity contribution in [2.75, 3.05) is 31.6 Å². The quantitative estimate of drug-likeness (QED) is 0.700. The Balaban J connectivity index is 1.43. The molecular weight excluding hydrogens is 388 g/mol. The van der Waals surface area contributed by atoms with Gasteiger partial charge in [-0.3, -0.25) is 4.79 Å². The molecule has 2 unspecified atom stereocenters. The van der Waals surface area contributed by atoms with Gasteiger partial charge in [-0.2, -0.15) is 0 Å². The number of hydrogen-bond acceptors (Lipinski definition) is 4. The van der Waals surface area contributed by atoms with E-state index < -0.39 is 6.10 Å². The lowest BCUT2D eigenvalue weighted by atomic mass is 10.1. The van der Waals surface area contributed by atoms with Gasteiger partial charge in [-0.05, 0) is 61.6 Å². The number of carbonyl (C=O) groups is 1. The molecule has 0 aromatic heterocycles. The Morgan fingerprint density at radius 2 is 2.14 bits per heavy atom. The molecule has 1 N–H and O–H groups in total. The van der Waals surface area contributed by atoms with Crippen LogP contribution in [-0.4, -0.2) is 38.8 Å². The van der Waals surface area contributed by atoms with Crippen LogP contribution in [0.25, 0.3) is 0 Å². The number of rotatable bonds is 8. The molecule has 1 aliphatic rings. The first-order valence-electron chi connectivity index (χ1n) is 9.99. The molecule has 0 radical (unpaired) electrons. The molecule has 5 nitrogen and oxygen atoms in total. The highest BCUT2D eigenvalue weighted by atomic mass is 35.5. The van der Waals surface area contributed by atoms with Crippen LogP contribution in [0, 0.1) is 12.8 Å². The van der Waals surface area contributed by atoms with E-state index in [1.165, 1.54) is 11.3 Å². The molecule has 0 aliphatic carbocycles. The fourth-order valence-corrected chi connectivity index (χ4v) is 3.76. The predicted molar refractivity (Wildman–Crippen MR) is 117 cm³/mol. The van der Waals surface area contributed by atoms with Gasteiger partial charge in [-0.25, -0.2) is 0 Å². The number of aryl methyl sites for hydroxylation is 1. The van der Waals surface area contributed by atoms with E-state index in [-0.39, 0.29) is 5.91 Å². The second-order valence-corrected chi connectivity index (χ2v) is 8.02. The van der Waals surface area contributed by atoms with Gasteiger partial charge in [-0.1, -0.05) is 29.8 Å². The topological polar surface area (TPSA) is 50.8 Å². The number of anilines is 1. The minimum absolute atomic E-state index is 0.0784. The van der Waals surface area contributed by atoms with E-state index in [4.69, 9.17) is 21.1 Å². The second kappa shape index (κ2) is 9.99. The molecule has 1 fully saturated rings. The number of ether oxygens (including phenoxy) is 2. The number of nitrogens with one attached hydrogen (secondary N) is 1. The van der Waals surface area contributed by atoms with Crippen molar-refractivity contribution in [1.82, 2.24) is 5.32 Å². The molecule has 0 bridgehead atoms.